The van der Waals surface area contributed by atoms with Crippen LogP contribution in [0.2, 0.25) is 0 Å². The summed E-state index contributed by atoms with van der Waals surface area (Å²) in [7, 11) is 1.71. The first kappa shape index (κ1) is 16.0. The fourth-order valence-corrected chi connectivity index (χ4v) is 2.51. The van der Waals surface area contributed by atoms with Crippen molar-refractivity contribution in [2.24, 2.45) is 0 Å². The van der Waals surface area contributed by atoms with E-state index in [1.54, 1.807) is 18.9 Å². The van der Waals surface area contributed by atoms with Crippen LogP contribution in [0.5, 0.6) is 0 Å². The average Bonchev–Trinajstić information content (AvgIpc) is 2.42. The summed E-state index contributed by atoms with van der Waals surface area (Å²) in [6.07, 6.45) is 1.00. The number of methoxy groups -OCH3 is 1. The molecule has 1 aromatic carbocycles. The topological polar surface area (TPSA) is 45.0 Å². The molecule has 0 heterocycles. The fraction of sp³-hybridized carbons (Fsp3) is 0.533. The summed E-state index contributed by atoms with van der Waals surface area (Å²) in [5, 5.41) is 12.6. The van der Waals surface area contributed by atoms with Gasteiger partial charge in [0.25, 0.3) is 0 Å². The molecule has 0 fully saturated rings. The van der Waals surface area contributed by atoms with Gasteiger partial charge in [0.05, 0.1) is 5.56 Å². The average molecular weight is 278 g/mol. The first-order chi connectivity index (χ1) is 9.17. The molecule has 1 rings (SSSR count). The van der Waals surface area contributed by atoms with Crippen LogP contribution in [0.4, 0.5) is 0 Å². The Bertz CT molecular complexity index is 427. The minimum atomic E-state index is 0.452. The predicted octanol–water partition coefficient (Wildman–Crippen LogP) is 3.18. The second kappa shape index (κ2) is 8.98. The summed E-state index contributed by atoms with van der Waals surface area (Å²) in [5.74, 6) is 0.978. The SMILES string of the molecule is COCCCSc1ccc(CNC(C)C)cc1C#N. The Morgan fingerprint density at radius 1 is 1.42 bits per heavy atom. The molecular weight excluding hydrogens is 256 g/mol. The molecule has 4 heteroatoms. The largest absolute Gasteiger partial charge is 0.385 e. The van der Waals surface area contributed by atoms with Crippen molar-refractivity contribution in [1.29, 1.82) is 5.26 Å². The predicted molar refractivity (Wildman–Crippen MR) is 80.3 cm³/mol. The third-order valence-electron chi connectivity index (χ3n) is 2.63. The van der Waals surface area contributed by atoms with Gasteiger partial charge in [-0.15, -0.1) is 11.8 Å². The van der Waals surface area contributed by atoms with Crippen molar-refractivity contribution >= 4 is 11.8 Å². The van der Waals surface area contributed by atoms with Crippen LogP contribution in [-0.4, -0.2) is 25.5 Å². The van der Waals surface area contributed by atoms with Crippen molar-refractivity contribution in [2.75, 3.05) is 19.5 Å². The molecule has 3 nitrogen and oxygen atoms in total. The Morgan fingerprint density at radius 2 is 2.21 bits per heavy atom. The maximum absolute atomic E-state index is 9.21. The molecule has 0 saturated heterocycles. The minimum absolute atomic E-state index is 0.452. The van der Waals surface area contributed by atoms with Crippen molar-refractivity contribution in [1.82, 2.24) is 5.32 Å². The number of nitrogens with one attached hydrogen (secondary N) is 1. The Morgan fingerprint density at radius 3 is 2.84 bits per heavy atom. The Labute approximate surface area is 120 Å². The number of hydrogen-bond donors (Lipinski definition) is 1. The van der Waals surface area contributed by atoms with Gasteiger partial charge in [0, 0.05) is 37.0 Å². The zero-order valence-corrected chi connectivity index (χ0v) is 12.7. The summed E-state index contributed by atoms with van der Waals surface area (Å²) in [6.45, 7) is 5.81. The minimum Gasteiger partial charge on any atom is -0.385 e. The first-order valence-corrected chi connectivity index (χ1v) is 7.54. The second-order valence-electron chi connectivity index (χ2n) is 4.67. The summed E-state index contributed by atoms with van der Waals surface area (Å²) >= 11 is 1.72. The van der Waals surface area contributed by atoms with Crippen molar-refractivity contribution in [3.05, 3.63) is 29.3 Å². The van der Waals surface area contributed by atoms with Crippen LogP contribution in [-0.2, 0) is 11.3 Å². The van der Waals surface area contributed by atoms with Gasteiger partial charge in [0.15, 0.2) is 0 Å². The van der Waals surface area contributed by atoms with Gasteiger partial charge in [-0.3, -0.25) is 0 Å². The molecule has 0 atom stereocenters. The van der Waals surface area contributed by atoms with Crippen LogP contribution < -0.4 is 5.32 Å². The molecule has 1 aromatic rings. The van der Waals surface area contributed by atoms with Crippen molar-refractivity contribution in [2.45, 2.75) is 37.8 Å². The van der Waals surface area contributed by atoms with Gasteiger partial charge in [0.2, 0.25) is 0 Å². The Balaban J connectivity index is 2.60. The lowest BCUT2D eigenvalue weighted by molar-refractivity contribution is 0.200. The monoisotopic (exact) mass is 278 g/mol. The highest BCUT2D eigenvalue weighted by atomic mass is 32.2. The smallest absolute Gasteiger partial charge is 0.100 e. The molecule has 104 valence electrons. The molecule has 0 aliphatic rings. The Kier molecular flexibility index (Phi) is 7.57. The molecule has 0 aromatic heterocycles. The normalized spacial score (nSPS) is 10.7. The van der Waals surface area contributed by atoms with Gasteiger partial charge in [-0.2, -0.15) is 5.26 Å². The van der Waals surface area contributed by atoms with Crippen LogP contribution in [0.15, 0.2) is 23.1 Å². The molecule has 1 N–H and O–H groups in total. The number of rotatable bonds is 8. The zero-order chi connectivity index (χ0) is 14.1. The van der Waals surface area contributed by atoms with Gasteiger partial charge in [-0.1, -0.05) is 19.9 Å². The number of thioether (sulfide) groups is 1. The number of nitrogens with zero attached hydrogens (tertiary/aromatic N) is 1. The lowest BCUT2D eigenvalue weighted by Gasteiger charge is -2.10. The van der Waals surface area contributed by atoms with E-state index >= 15 is 0 Å². The van der Waals surface area contributed by atoms with Gasteiger partial charge in [0.1, 0.15) is 6.07 Å². The van der Waals surface area contributed by atoms with Crippen LogP contribution in [0.3, 0.4) is 0 Å². The number of benzene rings is 1. The van der Waals surface area contributed by atoms with Crippen LogP contribution in [0, 0.1) is 11.3 Å². The quantitative estimate of drug-likeness (QED) is 0.586. The maximum atomic E-state index is 9.21. The van der Waals surface area contributed by atoms with E-state index in [4.69, 9.17) is 4.74 Å². The lowest BCUT2D eigenvalue weighted by Crippen LogP contribution is -2.21. The van der Waals surface area contributed by atoms with E-state index in [1.165, 1.54) is 0 Å². The molecule has 0 aliphatic heterocycles. The molecule has 19 heavy (non-hydrogen) atoms. The number of hydrogen-bond acceptors (Lipinski definition) is 4. The highest BCUT2D eigenvalue weighted by molar-refractivity contribution is 7.99. The molecule has 0 spiro atoms. The van der Waals surface area contributed by atoms with Crippen LogP contribution >= 0.6 is 11.8 Å². The van der Waals surface area contributed by atoms with E-state index in [9.17, 15) is 5.26 Å². The number of nitriles is 1. The van der Waals surface area contributed by atoms with Gasteiger partial charge >= 0.3 is 0 Å². The van der Waals surface area contributed by atoms with Crippen molar-refractivity contribution in [3.8, 4) is 6.07 Å². The fourth-order valence-electron chi connectivity index (χ4n) is 1.61. The molecule has 0 radical (unpaired) electrons. The zero-order valence-electron chi connectivity index (χ0n) is 11.9. The second-order valence-corrected chi connectivity index (χ2v) is 5.81. The Hall–Kier alpha value is -1.02. The maximum Gasteiger partial charge on any atom is 0.100 e. The third kappa shape index (κ3) is 6.11. The molecular formula is C15H22N2OS. The first-order valence-electron chi connectivity index (χ1n) is 6.55. The summed E-state index contributed by atoms with van der Waals surface area (Å²) < 4.78 is 5.02. The van der Waals surface area contributed by atoms with E-state index in [2.05, 4.69) is 31.3 Å². The summed E-state index contributed by atoms with van der Waals surface area (Å²) in [6, 6.07) is 8.86. The van der Waals surface area contributed by atoms with Gasteiger partial charge in [-0.05, 0) is 24.1 Å². The van der Waals surface area contributed by atoms with E-state index < -0.39 is 0 Å². The van der Waals surface area contributed by atoms with Crippen molar-refractivity contribution < 1.29 is 4.74 Å². The molecule has 0 aliphatic carbocycles. The van der Waals surface area contributed by atoms with Crippen LogP contribution in [0.25, 0.3) is 0 Å². The number of ether oxygens (including phenoxy) is 1. The van der Waals surface area contributed by atoms with E-state index in [0.717, 1.165) is 41.3 Å². The lowest BCUT2D eigenvalue weighted by atomic mass is 10.1. The van der Waals surface area contributed by atoms with Crippen LogP contribution in [0.1, 0.15) is 31.4 Å². The van der Waals surface area contributed by atoms with Gasteiger partial charge in [-0.25, -0.2) is 0 Å². The molecule has 0 bridgehead atoms. The molecule has 0 unspecified atom stereocenters. The van der Waals surface area contributed by atoms with E-state index in [-0.39, 0.29) is 0 Å². The molecule has 0 amide bonds. The van der Waals surface area contributed by atoms with E-state index in [1.807, 2.05) is 12.1 Å². The third-order valence-corrected chi connectivity index (χ3v) is 3.79. The summed E-state index contributed by atoms with van der Waals surface area (Å²) in [4.78, 5) is 1.06. The highest BCUT2D eigenvalue weighted by Gasteiger charge is 2.05. The highest BCUT2D eigenvalue weighted by Crippen LogP contribution is 2.24. The van der Waals surface area contributed by atoms with E-state index in [0.29, 0.717) is 6.04 Å². The summed E-state index contributed by atoms with van der Waals surface area (Å²) in [5.41, 5.74) is 1.93. The molecule has 0 saturated carbocycles. The van der Waals surface area contributed by atoms with Crippen molar-refractivity contribution in [3.63, 3.8) is 0 Å². The standard InChI is InChI=1S/C15H22N2OS/c1-12(2)17-11-13-5-6-15(14(9-13)10-16)19-8-4-7-18-3/h5-6,9,12,17H,4,7-8,11H2,1-3H3. The van der Waals surface area contributed by atoms with Gasteiger partial charge < -0.3 is 10.1 Å².